The van der Waals surface area contributed by atoms with E-state index in [2.05, 4.69) is 20.8 Å². The van der Waals surface area contributed by atoms with E-state index < -0.39 is 0 Å². The molecule has 0 aromatic heterocycles. The number of carbonyl (C=O) groups is 1. The minimum Gasteiger partial charge on any atom is -0.463 e. The molecule has 1 fully saturated rings. The molecule has 0 aromatic carbocycles. The molecule has 0 saturated heterocycles. The van der Waals surface area contributed by atoms with Crippen LogP contribution >= 0.6 is 0 Å². The summed E-state index contributed by atoms with van der Waals surface area (Å²) in [4.78, 5) is 11.6. The Kier molecular flexibility index (Phi) is 11.4. The Morgan fingerprint density at radius 2 is 1.72 bits per heavy atom. The van der Waals surface area contributed by atoms with E-state index in [1.165, 1.54) is 0 Å². The highest BCUT2D eigenvalue weighted by Crippen LogP contribution is 2.47. The van der Waals surface area contributed by atoms with Gasteiger partial charge in [-0.2, -0.15) is 0 Å². The van der Waals surface area contributed by atoms with Gasteiger partial charge in [0, 0.05) is 0 Å². The molecule has 0 radical (unpaired) electrons. The van der Waals surface area contributed by atoms with E-state index in [1.807, 2.05) is 27.7 Å². The summed E-state index contributed by atoms with van der Waals surface area (Å²) in [5.74, 6) is 0.423. The van der Waals surface area contributed by atoms with E-state index in [0.717, 1.165) is 12.8 Å². The van der Waals surface area contributed by atoms with Crippen LogP contribution in [0.4, 0.5) is 0 Å². The van der Waals surface area contributed by atoms with Crippen molar-refractivity contribution < 1.29 is 14.6 Å². The van der Waals surface area contributed by atoms with Gasteiger partial charge in [-0.05, 0) is 24.2 Å². The number of carbonyl (C=O) groups excluding carboxylic acids is 1. The molecule has 1 rings (SSSR count). The molecular weight excluding hydrogens is 228 g/mol. The second-order valence-electron chi connectivity index (χ2n) is 4.74. The Balaban J connectivity index is 0. The lowest BCUT2D eigenvalue weighted by Crippen LogP contribution is -2.31. The van der Waals surface area contributed by atoms with Gasteiger partial charge >= 0.3 is 5.97 Å². The van der Waals surface area contributed by atoms with Crippen LogP contribution in [-0.2, 0) is 9.53 Å². The van der Waals surface area contributed by atoms with Crippen molar-refractivity contribution in [3.8, 4) is 0 Å². The molecule has 110 valence electrons. The van der Waals surface area contributed by atoms with E-state index in [9.17, 15) is 4.79 Å². The average Bonchev–Trinajstić information content (AvgIpc) is 2.66. The van der Waals surface area contributed by atoms with E-state index in [-0.39, 0.29) is 30.5 Å². The lowest BCUT2D eigenvalue weighted by molar-refractivity contribution is -0.153. The SMILES string of the molecule is CC.CC.CC1CCC(C(=O)OCCO)C1(C)C. The largest absolute Gasteiger partial charge is 0.463 e. The summed E-state index contributed by atoms with van der Waals surface area (Å²) >= 11 is 0. The predicted molar refractivity (Wildman–Crippen MR) is 76.4 cm³/mol. The molecule has 1 aliphatic carbocycles. The second-order valence-corrected chi connectivity index (χ2v) is 4.74. The molecule has 3 heteroatoms. The number of hydrogen-bond donors (Lipinski definition) is 1. The Labute approximate surface area is 113 Å². The zero-order valence-electron chi connectivity index (χ0n) is 13.2. The maximum absolute atomic E-state index is 11.6. The first kappa shape index (κ1) is 19.8. The van der Waals surface area contributed by atoms with E-state index >= 15 is 0 Å². The van der Waals surface area contributed by atoms with E-state index in [4.69, 9.17) is 9.84 Å². The van der Waals surface area contributed by atoms with Gasteiger partial charge in [0.05, 0.1) is 12.5 Å². The third-order valence-corrected chi connectivity index (χ3v) is 3.68. The van der Waals surface area contributed by atoms with Crippen LogP contribution in [0, 0.1) is 17.3 Å². The number of hydrogen-bond acceptors (Lipinski definition) is 3. The van der Waals surface area contributed by atoms with E-state index in [1.54, 1.807) is 0 Å². The Morgan fingerprint density at radius 3 is 2.06 bits per heavy atom. The Hall–Kier alpha value is -0.570. The van der Waals surface area contributed by atoms with Crippen molar-refractivity contribution in [2.45, 2.75) is 61.3 Å². The maximum atomic E-state index is 11.6. The summed E-state index contributed by atoms with van der Waals surface area (Å²) in [6.45, 7) is 14.5. The Bertz CT molecular complexity index is 212. The minimum absolute atomic E-state index is 0.00375. The highest BCUT2D eigenvalue weighted by atomic mass is 16.5. The van der Waals surface area contributed by atoms with Crippen LogP contribution in [0.5, 0.6) is 0 Å². The molecule has 1 saturated carbocycles. The second kappa shape index (κ2) is 10.4. The van der Waals surface area contributed by atoms with Gasteiger partial charge in [-0.15, -0.1) is 0 Å². The number of ether oxygens (including phenoxy) is 1. The topological polar surface area (TPSA) is 46.5 Å². The zero-order chi connectivity index (χ0) is 14.8. The maximum Gasteiger partial charge on any atom is 0.309 e. The first-order valence-electron chi connectivity index (χ1n) is 7.27. The first-order valence-corrected chi connectivity index (χ1v) is 7.27. The molecule has 3 nitrogen and oxygen atoms in total. The predicted octanol–water partition coefficient (Wildman–Crippen LogP) is 3.65. The fourth-order valence-corrected chi connectivity index (χ4v) is 2.17. The molecule has 0 spiro atoms. The lowest BCUT2D eigenvalue weighted by Gasteiger charge is -2.29. The number of aliphatic hydroxyl groups is 1. The Morgan fingerprint density at radius 1 is 1.22 bits per heavy atom. The molecule has 1 N–H and O–H groups in total. The molecule has 2 atom stereocenters. The molecule has 0 heterocycles. The summed E-state index contributed by atoms with van der Waals surface area (Å²) in [6.07, 6.45) is 2.00. The van der Waals surface area contributed by atoms with Gasteiger partial charge < -0.3 is 9.84 Å². The van der Waals surface area contributed by atoms with Crippen LogP contribution in [0.15, 0.2) is 0 Å². The van der Waals surface area contributed by atoms with Gasteiger partial charge in [-0.1, -0.05) is 48.5 Å². The summed E-state index contributed by atoms with van der Waals surface area (Å²) < 4.78 is 4.97. The van der Waals surface area contributed by atoms with Gasteiger partial charge in [-0.3, -0.25) is 4.79 Å². The van der Waals surface area contributed by atoms with Gasteiger partial charge in [0.25, 0.3) is 0 Å². The fourth-order valence-electron chi connectivity index (χ4n) is 2.17. The van der Waals surface area contributed by atoms with E-state index in [0.29, 0.717) is 5.92 Å². The summed E-state index contributed by atoms with van der Waals surface area (Å²) in [5, 5.41) is 8.56. The number of aliphatic hydroxyl groups excluding tert-OH is 1. The van der Waals surface area contributed by atoms with Crippen LogP contribution < -0.4 is 0 Å². The third-order valence-electron chi connectivity index (χ3n) is 3.68. The summed E-state index contributed by atoms with van der Waals surface area (Å²) in [5.41, 5.74) is 0.0343. The van der Waals surface area contributed by atoms with Crippen LogP contribution in [0.2, 0.25) is 0 Å². The quantitative estimate of drug-likeness (QED) is 0.788. The highest BCUT2D eigenvalue weighted by Gasteiger charge is 2.45. The van der Waals surface area contributed by atoms with Crippen molar-refractivity contribution in [2.75, 3.05) is 13.2 Å². The van der Waals surface area contributed by atoms with Crippen LogP contribution in [0.3, 0.4) is 0 Å². The van der Waals surface area contributed by atoms with Gasteiger partial charge in [0.1, 0.15) is 6.61 Å². The normalized spacial score (nSPS) is 24.2. The summed E-state index contributed by atoms with van der Waals surface area (Å²) in [6, 6.07) is 0. The van der Waals surface area contributed by atoms with Gasteiger partial charge in [-0.25, -0.2) is 0 Å². The molecule has 0 aliphatic heterocycles. The minimum atomic E-state index is -0.145. The van der Waals surface area contributed by atoms with Crippen LogP contribution in [0.1, 0.15) is 61.3 Å². The molecule has 0 aromatic rings. The van der Waals surface area contributed by atoms with Crippen molar-refractivity contribution >= 4 is 5.97 Å². The van der Waals surface area contributed by atoms with Crippen molar-refractivity contribution in [1.82, 2.24) is 0 Å². The molecule has 0 bridgehead atoms. The smallest absolute Gasteiger partial charge is 0.309 e. The van der Waals surface area contributed by atoms with Gasteiger partial charge in [0.15, 0.2) is 0 Å². The van der Waals surface area contributed by atoms with Crippen LogP contribution in [-0.4, -0.2) is 24.3 Å². The van der Waals surface area contributed by atoms with Crippen LogP contribution in [0.25, 0.3) is 0 Å². The van der Waals surface area contributed by atoms with Crippen molar-refractivity contribution in [3.63, 3.8) is 0 Å². The summed E-state index contributed by atoms with van der Waals surface area (Å²) in [7, 11) is 0. The molecule has 18 heavy (non-hydrogen) atoms. The lowest BCUT2D eigenvalue weighted by atomic mass is 9.76. The molecule has 1 aliphatic rings. The highest BCUT2D eigenvalue weighted by molar-refractivity contribution is 5.73. The standard InChI is InChI=1S/C11H20O3.2C2H6/c1-8-4-5-9(11(8,2)3)10(13)14-7-6-12;2*1-2/h8-9,12H,4-7H2,1-3H3;2*1-2H3. The first-order chi connectivity index (χ1) is 8.50. The van der Waals surface area contributed by atoms with Crippen molar-refractivity contribution in [1.29, 1.82) is 0 Å². The van der Waals surface area contributed by atoms with Crippen molar-refractivity contribution in [3.05, 3.63) is 0 Å². The third kappa shape index (κ3) is 5.38. The zero-order valence-corrected chi connectivity index (χ0v) is 13.2. The van der Waals surface area contributed by atoms with Gasteiger partial charge in [0.2, 0.25) is 0 Å². The molecule has 2 unspecified atom stereocenters. The monoisotopic (exact) mass is 260 g/mol. The molecular formula is C15H32O3. The fraction of sp³-hybridized carbons (Fsp3) is 0.933. The van der Waals surface area contributed by atoms with Crippen molar-refractivity contribution in [2.24, 2.45) is 17.3 Å². The number of rotatable bonds is 3. The number of esters is 1. The average molecular weight is 260 g/mol. The molecule has 0 amide bonds.